The first-order valence-corrected chi connectivity index (χ1v) is 5.73. The van der Waals surface area contributed by atoms with Crippen molar-refractivity contribution in [3.8, 4) is 0 Å². The fourth-order valence-corrected chi connectivity index (χ4v) is 2.04. The van der Waals surface area contributed by atoms with Crippen molar-refractivity contribution in [3.63, 3.8) is 0 Å². The van der Waals surface area contributed by atoms with Gasteiger partial charge in [-0.2, -0.15) is 0 Å². The van der Waals surface area contributed by atoms with Crippen LogP contribution >= 0.6 is 0 Å². The number of methoxy groups -OCH3 is 2. The van der Waals surface area contributed by atoms with E-state index in [1.807, 2.05) is 30.3 Å². The summed E-state index contributed by atoms with van der Waals surface area (Å²) in [6, 6.07) is 9.65. The molecule has 4 nitrogen and oxygen atoms in total. The van der Waals surface area contributed by atoms with Crippen LogP contribution < -0.4 is 0 Å². The number of aromatic nitrogens is 1. The van der Waals surface area contributed by atoms with Gasteiger partial charge in [0.25, 0.3) is 0 Å². The normalized spacial score (nSPS) is 14.9. The Hall–Kier alpha value is -1.49. The molecule has 4 heteroatoms. The zero-order valence-electron chi connectivity index (χ0n) is 10.8. The zero-order valence-corrected chi connectivity index (χ0v) is 10.8. The first-order chi connectivity index (χ1) is 8.59. The molecule has 0 spiro atoms. The smallest absolute Gasteiger partial charge is 0.189 e. The van der Waals surface area contributed by atoms with Crippen LogP contribution in [0.1, 0.15) is 12.5 Å². The van der Waals surface area contributed by atoms with Gasteiger partial charge in [0.05, 0.1) is 5.52 Å². The number of pyridine rings is 1. The van der Waals surface area contributed by atoms with Gasteiger partial charge >= 0.3 is 0 Å². The third-order valence-corrected chi connectivity index (χ3v) is 3.06. The van der Waals surface area contributed by atoms with E-state index in [9.17, 15) is 5.11 Å². The van der Waals surface area contributed by atoms with Crippen molar-refractivity contribution in [3.05, 3.63) is 42.1 Å². The average Bonchev–Trinajstić information content (AvgIpc) is 2.39. The van der Waals surface area contributed by atoms with Gasteiger partial charge in [0.1, 0.15) is 5.60 Å². The van der Waals surface area contributed by atoms with Crippen molar-refractivity contribution < 1.29 is 14.6 Å². The zero-order chi connectivity index (χ0) is 13.2. The van der Waals surface area contributed by atoms with E-state index in [0.29, 0.717) is 5.56 Å². The quantitative estimate of drug-likeness (QED) is 0.840. The van der Waals surface area contributed by atoms with Crippen LogP contribution in [-0.2, 0) is 15.1 Å². The summed E-state index contributed by atoms with van der Waals surface area (Å²) in [5.74, 6) is 0. The fraction of sp³-hybridized carbons (Fsp3) is 0.357. The highest BCUT2D eigenvalue weighted by Gasteiger charge is 2.34. The molecule has 1 unspecified atom stereocenters. The molecule has 0 fully saturated rings. The summed E-state index contributed by atoms with van der Waals surface area (Å²) >= 11 is 0. The van der Waals surface area contributed by atoms with Crippen molar-refractivity contribution in [1.82, 2.24) is 4.98 Å². The van der Waals surface area contributed by atoms with Crippen molar-refractivity contribution in [2.75, 3.05) is 14.2 Å². The molecule has 1 heterocycles. The summed E-state index contributed by atoms with van der Waals surface area (Å²) in [4.78, 5) is 4.33. The minimum atomic E-state index is -1.25. The van der Waals surface area contributed by atoms with Crippen LogP contribution in [0.15, 0.2) is 36.5 Å². The molecule has 1 N–H and O–H groups in total. The minimum absolute atomic E-state index is 0.662. The first-order valence-electron chi connectivity index (χ1n) is 5.73. The summed E-state index contributed by atoms with van der Waals surface area (Å²) in [5, 5.41) is 11.5. The lowest BCUT2D eigenvalue weighted by Gasteiger charge is -2.30. The van der Waals surface area contributed by atoms with E-state index >= 15 is 0 Å². The van der Waals surface area contributed by atoms with Crippen molar-refractivity contribution in [2.24, 2.45) is 0 Å². The van der Waals surface area contributed by atoms with Gasteiger partial charge in [-0.1, -0.05) is 18.2 Å². The van der Waals surface area contributed by atoms with E-state index in [1.165, 1.54) is 14.2 Å². The first kappa shape index (κ1) is 13.0. The van der Waals surface area contributed by atoms with Crippen molar-refractivity contribution in [1.29, 1.82) is 0 Å². The molecule has 1 atom stereocenters. The second-order valence-corrected chi connectivity index (χ2v) is 4.37. The second kappa shape index (κ2) is 5.02. The summed E-state index contributed by atoms with van der Waals surface area (Å²) < 4.78 is 10.3. The highest BCUT2D eigenvalue weighted by atomic mass is 16.7. The molecule has 0 aliphatic heterocycles. The lowest BCUT2D eigenvalue weighted by atomic mass is 9.95. The van der Waals surface area contributed by atoms with Crippen LogP contribution in [0, 0.1) is 0 Å². The number of ether oxygens (including phenoxy) is 2. The third-order valence-electron chi connectivity index (χ3n) is 3.06. The number of hydrogen-bond donors (Lipinski definition) is 1. The van der Waals surface area contributed by atoms with Gasteiger partial charge in [0, 0.05) is 31.4 Å². The summed E-state index contributed by atoms with van der Waals surface area (Å²) in [5.41, 5.74) is 0.305. The molecule has 1 aromatic carbocycles. The molecule has 0 bridgehead atoms. The van der Waals surface area contributed by atoms with E-state index in [-0.39, 0.29) is 0 Å². The Labute approximate surface area is 106 Å². The molecule has 0 saturated heterocycles. The molecular formula is C14H17NO3. The Morgan fingerprint density at radius 3 is 2.56 bits per heavy atom. The SMILES string of the molecule is COC(OC)C(C)(O)c1cnc2ccccc2c1. The van der Waals surface area contributed by atoms with Crippen LogP contribution in [0.3, 0.4) is 0 Å². The number of para-hydroxylation sites is 1. The number of nitrogens with zero attached hydrogens (tertiary/aromatic N) is 1. The van der Waals surface area contributed by atoms with Crippen molar-refractivity contribution in [2.45, 2.75) is 18.8 Å². The number of rotatable bonds is 4. The molecule has 96 valence electrons. The van der Waals surface area contributed by atoms with Gasteiger partial charge in [0.15, 0.2) is 6.29 Å². The Morgan fingerprint density at radius 1 is 1.22 bits per heavy atom. The molecule has 18 heavy (non-hydrogen) atoms. The molecule has 0 saturated carbocycles. The molecule has 2 aromatic rings. The standard InChI is InChI=1S/C14H17NO3/c1-14(16,13(17-2)18-3)11-8-10-6-4-5-7-12(10)15-9-11/h4-9,13,16H,1-3H3. The molecule has 2 rings (SSSR count). The summed E-state index contributed by atoms with van der Waals surface area (Å²) in [6.45, 7) is 1.65. The Balaban J connectivity index is 2.46. The van der Waals surface area contributed by atoms with Gasteiger partial charge in [0.2, 0.25) is 0 Å². The predicted molar refractivity (Wildman–Crippen MR) is 69.1 cm³/mol. The van der Waals surface area contributed by atoms with Crippen LogP contribution in [-0.4, -0.2) is 30.6 Å². The molecule has 1 aromatic heterocycles. The lowest BCUT2D eigenvalue weighted by Crippen LogP contribution is -2.39. The van der Waals surface area contributed by atoms with Gasteiger partial charge in [-0.05, 0) is 19.1 Å². The number of benzene rings is 1. The molecule has 0 radical (unpaired) electrons. The van der Waals surface area contributed by atoms with E-state index < -0.39 is 11.9 Å². The summed E-state index contributed by atoms with van der Waals surface area (Å²) in [7, 11) is 2.99. The van der Waals surface area contributed by atoms with Crippen LogP contribution in [0.5, 0.6) is 0 Å². The fourth-order valence-electron chi connectivity index (χ4n) is 2.04. The monoisotopic (exact) mass is 247 g/mol. The second-order valence-electron chi connectivity index (χ2n) is 4.37. The molecule has 0 aliphatic rings. The lowest BCUT2D eigenvalue weighted by molar-refractivity contribution is -0.213. The predicted octanol–water partition coefficient (Wildman–Crippen LogP) is 2.06. The molecule has 0 aliphatic carbocycles. The maximum absolute atomic E-state index is 10.5. The maximum Gasteiger partial charge on any atom is 0.189 e. The van der Waals surface area contributed by atoms with E-state index in [0.717, 1.165) is 10.9 Å². The average molecular weight is 247 g/mol. The highest BCUT2D eigenvalue weighted by molar-refractivity contribution is 5.78. The highest BCUT2D eigenvalue weighted by Crippen LogP contribution is 2.28. The maximum atomic E-state index is 10.5. The van der Waals surface area contributed by atoms with Gasteiger partial charge in [-0.15, -0.1) is 0 Å². The van der Waals surface area contributed by atoms with Crippen LogP contribution in [0.2, 0.25) is 0 Å². The molecule has 0 amide bonds. The van der Waals surface area contributed by atoms with Gasteiger partial charge < -0.3 is 14.6 Å². The van der Waals surface area contributed by atoms with Gasteiger partial charge in [-0.25, -0.2) is 0 Å². The van der Waals surface area contributed by atoms with Crippen molar-refractivity contribution >= 4 is 10.9 Å². The van der Waals surface area contributed by atoms with E-state index in [4.69, 9.17) is 9.47 Å². The number of aliphatic hydroxyl groups is 1. The third kappa shape index (κ3) is 2.22. The number of fused-ring (bicyclic) bond motifs is 1. The largest absolute Gasteiger partial charge is 0.380 e. The van der Waals surface area contributed by atoms with Gasteiger partial charge in [-0.3, -0.25) is 4.98 Å². The van der Waals surface area contributed by atoms with E-state index in [1.54, 1.807) is 13.1 Å². The Kier molecular flexibility index (Phi) is 3.61. The van der Waals surface area contributed by atoms with Crippen LogP contribution in [0.25, 0.3) is 10.9 Å². The molecular weight excluding hydrogens is 230 g/mol. The Bertz CT molecular complexity index is 535. The van der Waals surface area contributed by atoms with E-state index in [2.05, 4.69) is 4.98 Å². The number of hydrogen-bond acceptors (Lipinski definition) is 4. The Morgan fingerprint density at radius 2 is 1.89 bits per heavy atom. The minimum Gasteiger partial charge on any atom is -0.380 e. The van der Waals surface area contributed by atoms with Crippen LogP contribution in [0.4, 0.5) is 0 Å². The topological polar surface area (TPSA) is 51.6 Å². The summed E-state index contributed by atoms with van der Waals surface area (Å²) in [6.07, 6.45) is 0.911.